The number of rotatable bonds is 4. The Kier molecular flexibility index (Phi) is 5.96. The minimum absolute atomic E-state index is 0.0567. The van der Waals surface area contributed by atoms with Crippen LogP contribution in [0.25, 0.3) is 0 Å². The van der Waals surface area contributed by atoms with Crippen molar-refractivity contribution in [2.75, 3.05) is 6.61 Å². The van der Waals surface area contributed by atoms with Crippen molar-refractivity contribution in [1.29, 1.82) is 0 Å². The first-order valence-electron chi connectivity index (χ1n) is 6.18. The fourth-order valence-electron chi connectivity index (χ4n) is 1.37. The summed E-state index contributed by atoms with van der Waals surface area (Å²) in [6, 6.07) is 7.37. The van der Waals surface area contributed by atoms with Gasteiger partial charge >= 0.3 is 0 Å². The van der Waals surface area contributed by atoms with E-state index >= 15 is 0 Å². The number of aliphatic hydroxyl groups excluding tert-OH is 1. The van der Waals surface area contributed by atoms with Crippen LogP contribution in [0.15, 0.2) is 24.3 Å². The third-order valence-corrected chi connectivity index (χ3v) is 2.58. The molecule has 1 atom stereocenters. The van der Waals surface area contributed by atoms with Gasteiger partial charge in [-0.05, 0) is 31.5 Å². The van der Waals surface area contributed by atoms with Gasteiger partial charge in [-0.2, -0.15) is 0 Å². The molecule has 1 amide bonds. The van der Waals surface area contributed by atoms with Crippen LogP contribution < -0.4 is 5.32 Å². The van der Waals surface area contributed by atoms with E-state index < -0.39 is 0 Å². The van der Waals surface area contributed by atoms with E-state index in [1.807, 2.05) is 26.0 Å². The molecule has 1 unspecified atom stereocenters. The molecule has 0 aromatic heterocycles. The van der Waals surface area contributed by atoms with Gasteiger partial charge in [-0.25, -0.2) is 0 Å². The van der Waals surface area contributed by atoms with Crippen molar-refractivity contribution in [2.45, 2.75) is 32.7 Å². The quantitative estimate of drug-likeness (QED) is 0.797. The van der Waals surface area contributed by atoms with E-state index in [0.717, 1.165) is 12.0 Å². The van der Waals surface area contributed by atoms with E-state index in [2.05, 4.69) is 17.2 Å². The molecule has 0 aliphatic rings. The van der Waals surface area contributed by atoms with E-state index in [1.165, 1.54) is 0 Å². The Balaban J connectivity index is 2.76. The van der Waals surface area contributed by atoms with Crippen LogP contribution in [0.3, 0.4) is 0 Å². The normalized spacial score (nSPS) is 11.3. The summed E-state index contributed by atoms with van der Waals surface area (Å²) in [6.45, 7) is 4.06. The van der Waals surface area contributed by atoms with Gasteiger partial charge < -0.3 is 10.4 Å². The molecule has 3 heteroatoms. The van der Waals surface area contributed by atoms with Crippen molar-refractivity contribution < 1.29 is 9.90 Å². The summed E-state index contributed by atoms with van der Waals surface area (Å²) in [5.74, 6) is 5.68. The van der Waals surface area contributed by atoms with Gasteiger partial charge in [0.15, 0.2) is 0 Å². The number of carbonyl (C=O) groups is 1. The summed E-state index contributed by atoms with van der Waals surface area (Å²) in [5, 5.41) is 11.6. The van der Waals surface area contributed by atoms with Crippen LogP contribution in [0.2, 0.25) is 0 Å². The average Bonchev–Trinajstić information content (AvgIpc) is 2.39. The maximum Gasteiger partial charge on any atom is 0.251 e. The molecule has 0 aliphatic carbocycles. The monoisotopic (exact) mass is 245 g/mol. The molecular formula is C15H19NO2. The van der Waals surface area contributed by atoms with Crippen molar-refractivity contribution in [3.8, 4) is 11.8 Å². The summed E-state index contributed by atoms with van der Waals surface area (Å²) in [5.41, 5.74) is 1.41. The predicted molar refractivity (Wildman–Crippen MR) is 72.2 cm³/mol. The SMILES string of the molecule is CCC(C)NC(=O)c1cccc(C#CCCO)c1. The Morgan fingerprint density at radius 1 is 1.50 bits per heavy atom. The van der Waals surface area contributed by atoms with Gasteiger partial charge in [-0.3, -0.25) is 4.79 Å². The lowest BCUT2D eigenvalue weighted by atomic mass is 10.1. The first kappa shape index (κ1) is 14.3. The third-order valence-electron chi connectivity index (χ3n) is 2.58. The van der Waals surface area contributed by atoms with Gasteiger partial charge in [0.25, 0.3) is 5.91 Å². The smallest absolute Gasteiger partial charge is 0.251 e. The predicted octanol–water partition coefficient (Wildman–Crippen LogP) is 1.95. The summed E-state index contributed by atoms with van der Waals surface area (Å²) >= 11 is 0. The van der Waals surface area contributed by atoms with Gasteiger partial charge in [0.2, 0.25) is 0 Å². The van der Waals surface area contributed by atoms with Crippen LogP contribution in [-0.2, 0) is 0 Å². The van der Waals surface area contributed by atoms with Gasteiger partial charge in [-0.1, -0.05) is 24.8 Å². The number of hydrogen-bond donors (Lipinski definition) is 2. The highest BCUT2D eigenvalue weighted by Crippen LogP contribution is 2.05. The lowest BCUT2D eigenvalue weighted by molar-refractivity contribution is 0.0939. The molecule has 0 aliphatic heterocycles. The standard InChI is InChI=1S/C15H19NO2/c1-3-12(2)16-15(18)14-9-6-8-13(11-14)7-4-5-10-17/h6,8-9,11-12,17H,3,5,10H2,1-2H3,(H,16,18). The molecule has 2 N–H and O–H groups in total. The van der Waals surface area contributed by atoms with Crippen molar-refractivity contribution in [1.82, 2.24) is 5.32 Å². The summed E-state index contributed by atoms with van der Waals surface area (Å²) in [4.78, 5) is 11.9. The number of carbonyl (C=O) groups excluding carboxylic acids is 1. The molecule has 1 aromatic rings. The van der Waals surface area contributed by atoms with Crippen LogP contribution in [0.4, 0.5) is 0 Å². The molecule has 3 nitrogen and oxygen atoms in total. The van der Waals surface area contributed by atoms with Crippen molar-refractivity contribution in [2.24, 2.45) is 0 Å². The Labute approximate surface area is 108 Å². The van der Waals surface area contributed by atoms with Gasteiger partial charge in [-0.15, -0.1) is 0 Å². The fourth-order valence-corrected chi connectivity index (χ4v) is 1.37. The van der Waals surface area contributed by atoms with Crippen molar-refractivity contribution in [3.63, 3.8) is 0 Å². The Bertz CT molecular complexity index is 457. The maximum atomic E-state index is 11.9. The first-order valence-corrected chi connectivity index (χ1v) is 6.18. The lowest BCUT2D eigenvalue weighted by Crippen LogP contribution is -2.31. The van der Waals surface area contributed by atoms with E-state index in [-0.39, 0.29) is 18.6 Å². The molecule has 96 valence electrons. The molecule has 0 spiro atoms. The maximum absolute atomic E-state index is 11.9. The number of nitrogens with one attached hydrogen (secondary N) is 1. The summed E-state index contributed by atoms with van der Waals surface area (Å²) in [7, 11) is 0. The Hall–Kier alpha value is -1.79. The molecule has 0 fully saturated rings. The summed E-state index contributed by atoms with van der Waals surface area (Å²) in [6.07, 6.45) is 1.35. The first-order chi connectivity index (χ1) is 8.67. The van der Waals surface area contributed by atoms with Crippen LogP contribution in [0, 0.1) is 11.8 Å². The number of benzene rings is 1. The number of aliphatic hydroxyl groups is 1. The highest BCUT2D eigenvalue weighted by molar-refractivity contribution is 5.94. The molecule has 0 saturated heterocycles. The van der Waals surface area contributed by atoms with E-state index in [0.29, 0.717) is 12.0 Å². The van der Waals surface area contributed by atoms with E-state index in [4.69, 9.17) is 5.11 Å². The largest absolute Gasteiger partial charge is 0.395 e. The second-order valence-corrected chi connectivity index (χ2v) is 4.14. The highest BCUT2D eigenvalue weighted by Gasteiger charge is 2.08. The van der Waals surface area contributed by atoms with Crippen molar-refractivity contribution >= 4 is 5.91 Å². The van der Waals surface area contributed by atoms with Gasteiger partial charge in [0.1, 0.15) is 0 Å². The lowest BCUT2D eigenvalue weighted by Gasteiger charge is -2.11. The minimum atomic E-state index is -0.0739. The van der Waals surface area contributed by atoms with Crippen molar-refractivity contribution in [3.05, 3.63) is 35.4 Å². The second-order valence-electron chi connectivity index (χ2n) is 4.14. The van der Waals surface area contributed by atoms with Crippen LogP contribution in [-0.4, -0.2) is 23.7 Å². The number of hydrogen-bond acceptors (Lipinski definition) is 2. The Morgan fingerprint density at radius 2 is 2.28 bits per heavy atom. The molecule has 1 rings (SSSR count). The zero-order chi connectivity index (χ0) is 13.4. The molecule has 0 radical (unpaired) electrons. The molecule has 0 bridgehead atoms. The van der Waals surface area contributed by atoms with E-state index in [9.17, 15) is 4.79 Å². The molecular weight excluding hydrogens is 226 g/mol. The van der Waals surface area contributed by atoms with Gasteiger partial charge in [0, 0.05) is 23.6 Å². The van der Waals surface area contributed by atoms with Gasteiger partial charge in [0.05, 0.1) is 6.61 Å². The van der Waals surface area contributed by atoms with Crippen LogP contribution in [0.1, 0.15) is 42.6 Å². The molecule has 0 saturated carbocycles. The second kappa shape index (κ2) is 7.52. The van der Waals surface area contributed by atoms with E-state index in [1.54, 1.807) is 12.1 Å². The zero-order valence-electron chi connectivity index (χ0n) is 10.9. The Morgan fingerprint density at radius 3 is 2.94 bits per heavy atom. The van der Waals surface area contributed by atoms with Crippen LogP contribution >= 0.6 is 0 Å². The molecule has 1 aromatic carbocycles. The topological polar surface area (TPSA) is 49.3 Å². The molecule has 18 heavy (non-hydrogen) atoms. The molecule has 0 heterocycles. The average molecular weight is 245 g/mol. The number of amides is 1. The highest BCUT2D eigenvalue weighted by atomic mass is 16.2. The fraction of sp³-hybridized carbons (Fsp3) is 0.400. The zero-order valence-corrected chi connectivity index (χ0v) is 10.9. The van der Waals surface area contributed by atoms with Crippen LogP contribution in [0.5, 0.6) is 0 Å². The summed E-state index contributed by atoms with van der Waals surface area (Å²) < 4.78 is 0. The minimum Gasteiger partial charge on any atom is -0.395 e. The third kappa shape index (κ3) is 4.60.